The minimum Gasteiger partial charge on any atom is -0.487 e. The van der Waals surface area contributed by atoms with Gasteiger partial charge in [0.2, 0.25) is 0 Å². The average Bonchev–Trinajstić information content (AvgIpc) is 2.64. The molecule has 0 amide bonds. The maximum Gasteiger partial charge on any atom is 0.129 e. The first-order valence-electron chi connectivity index (χ1n) is 8.09. The Labute approximate surface area is 129 Å². The van der Waals surface area contributed by atoms with Crippen molar-refractivity contribution in [3.63, 3.8) is 0 Å². The number of hydrogen-bond donors (Lipinski definition) is 1. The number of aliphatic hydroxyl groups is 1. The molecule has 1 aromatic rings. The van der Waals surface area contributed by atoms with Crippen LogP contribution in [0.2, 0.25) is 0 Å². The minimum absolute atomic E-state index is 0.00612. The normalized spacial score (nSPS) is 22.1. The van der Waals surface area contributed by atoms with Crippen LogP contribution in [-0.4, -0.2) is 11.2 Å². The molecule has 0 saturated carbocycles. The van der Waals surface area contributed by atoms with Crippen LogP contribution in [0.25, 0.3) is 0 Å². The van der Waals surface area contributed by atoms with Gasteiger partial charge in [0.25, 0.3) is 0 Å². The van der Waals surface area contributed by atoms with Gasteiger partial charge in [0, 0.05) is 11.1 Å². The van der Waals surface area contributed by atoms with Gasteiger partial charge in [0.15, 0.2) is 0 Å². The second-order valence-corrected chi connectivity index (χ2v) is 8.33. The number of aliphatic hydroxyl groups excluding tert-OH is 1. The second-order valence-electron chi connectivity index (χ2n) is 8.33. The van der Waals surface area contributed by atoms with E-state index in [-0.39, 0.29) is 16.9 Å². The second kappa shape index (κ2) is 5.31. The summed E-state index contributed by atoms with van der Waals surface area (Å²) in [7, 11) is 0. The number of fused-ring (bicyclic) bond motifs is 1. The molecule has 0 aromatic heterocycles. The van der Waals surface area contributed by atoms with Gasteiger partial charge in [-0.05, 0) is 28.9 Å². The molecule has 2 heteroatoms. The fourth-order valence-corrected chi connectivity index (χ4v) is 2.91. The highest BCUT2D eigenvalue weighted by Crippen LogP contribution is 2.46. The van der Waals surface area contributed by atoms with Crippen LogP contribution in [0.1, 0.15) is 84.1 Å². The van der Waals surface area contributed by atoms with Gasteiger partial charge in [-0.25, -0.2) is 0 Å². The molecule has 2 rings (SSSR count). The average molecular weight is 290 g/mol. The van der Waals surface area contributed by atoms with Crippen LogP contribution >= 0.6 is 0 Å². The largest absolute Gasteiger partial charge is 0.487 e. The molecule has 1 aromatic carbocycles. The maximum absolute atomic E-state index is 10.6. The van der Waals surface area contributed by atoms with Gasteiger partial charge in [-0.1, -0.05) is 61.0 Å². The summed E-state index contributed by atoms with van der Waals surface area (Å²) >= 11 is 0. The van der Waals surface area contributed by atoms with Crippen molar-refractivity contribution in [3.8, 4) is 5.75 Å². The first-order chi connectivity index (χ1) is 9.55. The van der Waals surface area contributed by atoms with Crippen LogP contribution in [0.5, 0.6) is 5.75 Å². The molecule has 0 radical (unpaired) electrons. The zero-order valence-electron chi connectivity index (χ0n) is 14.6. The number of benzene rings is 1. The molecule has 1 N–H and O–H groups in total. The van der Waals surface area contributed by atoms with E-state index >= 15 is 0 Å². The summed E-state index contributed by atoms with van der Waals surface area (Å²) in [6.45, 7) is 15.4. The lowest BCUT2D eigenvalue weighted by Gasteiger charge is -2.27. The summed E-state index contributed by atoms with van der Waals surface area (Å²) in [5.41, 5.74) is 3.53. The van der Waals surface area contributed by atoms with Crippen molar-refractivity contribution in [1.29, 1.82) is 0 Å². The predicted octanol–water partition coefficient (Wildman–Crippen LogP) is 4.88. The maximum atomic E-state index is 10.6. The lowest BCUT2D eigenvalue weighted by molar-refractivity contribution is 0.0610. The molecule has 21 heavy (non-hydrogen) atoms. The lowest BCUT2D eigenvalue weighted by atomic mass is 9.78. The highest BCUT2D eigenvalue weighted by molar-refractivity contribution is 5.53. The third kappa shape index (κ3) is 3.11. The molecule has 2 unspecified atom stereocenters. The van der Waals surface area contributed by atoms with E-state index in [1.165, 1.54) is 11.1 Å². The Kier molecular flexibility index (Phi) is 4.14. The molecule has 2 nitrogen and oxygen atoms in total. The van der Waals surface area contributed by atoms with E-state index in [0.717, 1.165) is 24.2 Å². The summed E-state index contributed by atoms with van der Waals surface area (Å²) in [6.07, 6.45) is 1.32. The van der Waals surface area contributed by atoms with E-state index in [1.54, 1.807) is 0 Å². The van der Waals surface area contributed by atoms with Gasteiger partial charge in [0.05, 0.1) is 0 Å². The monoisotopic (exact) mass is 290 g/mol. The van der Waals surface area contributed by atoms with Crippen LogP contribution in [0, 0.1) is 0 Å². The van der Waals surface area contributed by atoms with Crippen LogP contribution in [0.15, 0.2) is 12.1 Å². The molecular formula is C19H30O2. The van der Waals surface area contributed by atoms with E-state index in [9.17, 15) is 5.11 Å². The summed E-state index contributed by atoms with van der Waals surface area (Å²) in [5.74, 6) is 0.918. The highest BCUT2D eigenvalue weighted by atomic mass is 16.5. The van der Waals surface area contributed by atoms with Crippen molar-refractivity contribution in [2.24, 2.45) is 0 Å². The molecule has 1 aliphatic heterocycles. The fourth-order valence-electron chi connectivity index (χ4n) is 2.91. The van der Waals surface area contributed by atoms with E-state index in [0.29, 0.717) is 0 Å². The Morgan fingerprint density at radius 3 is 2.14 bits per heavy atom. The summed E-state index contributed by atoms with van der Waals surface area (Å²) < 4.78 is 6.13. The molecule has 0 aliphatic carbocycles. The molecule has 118 valence electrons. The molecule has 0 spiro atoms. The topological polar surface area (TPSA) is 29.5 Å². The number of ether oxygens (including phenoxy) is 1. The molecule has 0 saturated heterocycles. The third-order valence-corrected chi connectivity index (χ3v) is 4.30. The van der Waals surface area contributed by atoms with E-state index < -0.39 is 6.10 Å². The molecule has 1 heterocycles. The van der Waals surface area contributed by atoms with Gasteiger partial charge in [0.1, 0.15) is 18.0 Å². The van der Waals surface area contributed by atoms with Crippen LogP contribution < -0.4 is 4.74 Å². The first-order valence-corrected chi connectivity index (χ1v) is 8.09. The summed E-state index contributed by atoms with van der Waals surface area (Å²) in [6, 6.07) is 4.41. The number of hydrogen-bond acceptors (Lipinski definition) is 2. The molecule has 1 aliphatic rings. The van der Waals surface area contributed by atoms with Crippen molar-refractivity contribution >= 4 is 0 Å². The fraction of sp³-hybridized carbons (Fsp3) is 0.684. The molecule has 0 fully saturated rings. The van der Waals surface area contributed by atoms with Crippen LogP contribution in [-0.2, 0) is 10.8 Å². The zero-order valence-corrected chi connectivity index (χ0v) is 14.6. The van der Waals surface area contributed by atoms with Crippen molar-refractivity contribution in [2.45, 2.75) is 84.3 Å². The zero-order chi connectivity index (χ0) is 16.0. The standard InChI is InChI=1S/C19H30O2/c1-8-9-15-16(20)13-10-12(18(2,3)4)11-14(17(13)21-15)19(5,6)7/h10-11,15-16,20H,8-9H2,1-7H3. The molecule has 2 atom stereocenters. The van der Waals surface area contributed by atoms with Gasteiger partial charge >= 0.3 is 0 Å². The Balaban J connectivity index is 2.59. The van der Waals surface area contributed by atoms with Crippen LogP contribution in [0.4, 0.5) is 0 Å². The quantitative estimate of drug-likeness (QED) is 0.841. The number of rotatable bonds is 2. The Bertz CT molecular complexity index is 518. The Hall–Kier alpha value is -1.02. The van der Waals surface area contributed by atoms with Gasteiger partial charge < -0.3 is 9.84 Å². The third-order valence-electron chi connectivity index (χ3n) is 4.30. The minimum atomic E-state index is -0.497. The summed E-state index contributed by atoms with van der Waals surface area (Å²) in [5, 5.41) is 10.6. The van der Waals surface area contributed by atoms with Crippen molar-refractivity contribution < 1.29 is 9.84 Å². The van der Waals surface area contributed by atoms with E-state index in [1.807, 2.05) is 0 Å². The smallest absolute Gasteiger partial charge is 0.129 e. The SMILES string of the molecule is CCCC1Oc2c(cc(C(C)(C)C)cc2C(C)(C)C)C1O. The Morgan fingerprint density at radius 1 is 1.05 bits per heavy atom. The highest BCUT2D eigenvalue weighted by Gasteiger charge is 2.37. The van der Waals surface area contributed by atoms with Crippen molar-refractivity contribution in [2.75, 3.05) is 0 Å². The lowest BCUT2D eigenvalue weighted by Crippen LogP contribution is -2.18. The van der Waals surface area contributed by atoms with Gasteiger partial charge in [-0.2, -0.15) is 0 Å². The van der Waals surface area contributed by atoms with Crippen molar-refractivity contribution in [3.05, 3.63) is 28.8 Å². The van der Waals surface area contributed by atoms with Crippen molar-refractivity contribution in [1.82, 2.24) is 0 Å². The van der Waals surface area contributed by atoms with Gasteiger partial charge in [-0.3, -0.25) is 0 Å². The summed E-state index contributed by atoms with van der Waals surface area (Å²) in [4.78, 5) is 0. The van der Waals surface area contributed by atoms with E-state index in [4.69, 9.17) is 4.74 Å². The predicted molar refractivity (Wildman–Crippen MR) is 88.1 cm³/mol. The Morgan fingerprint density at radius 2 is 1.67 bits per heavy atom. The van der Waals surface area contributed by atoms with Gasteiger partial charge in [-0.15, -0.1) is 0 Å². The molecule has 0 bridgehead atoms. The molecular weight excluding hydrogens is 260 g/mol. The first kappa shape index (κ1) is 16.4. The van der Waals surface area contributed by atoms with E-state index in [2.05, 4.69) is 60.6 Å². The van der Waals surface area contributed by atoms with Crippen LogP contribution in [0.3, 0.4) is 0 Å².